The zero-order chi connectivity index (χ0) is 20.1. The summed E-state index contributed by atoms with van der Waals surface area (Å²) in [5, 5.41) is 15.3. The van der Waals surface area contributed by atoms with Crippen molar-refractivity contribution in [2.24, 2.45) is 0 Å². The highest BCUT2D eigenvalue weighted by molar-refractivity contribution is 7.99. The minimum Gasteiger partial charge on any atom is -0.497 e. The second kappa shape index (κ2) is 8.75. The van der Waals surface area contributed by atoms with Crippen LogP contribution in [0.15, 0.2) is 41.6 Å². The molecule has 0 bridgehead atoms. The minimum atomic E-state index is -0.184. The van der Waals surface area contributed by atoms with Gasteiger partial charge in [-0.3, -0.25) is 4.79 Å². The summed E-state index contributed by atoms with van der Waals surface area (Å²) in [5.41, 5.74) is 3.63. The fraction of sp³-hybridized carbons (Fsp3) is 0.263. The van der Waals surface area contributed by atoms with Crippen LogP contribution in [0.4, 0.5) is 5.69 Å². The Morgan fingerprint density at radius 2 is 1.75 bits per heavy atom. The van der Waals surface area contributed by atoms with Crippen molar-refractivity contribution in [2.75, 3.05) is 25.3 Å². The molecule has 0 saturated carbocycles. The van der Waals surface area contributed by atoms with Crippen LogP contribution >= 0.6 is 11.8 Å². The summed E-state index contributed by atoms with van der Waals surface area (Å²) in [4.78, 5) is 12.4. The lowest BCUT2D eigenvalue weighted by Crippen LogP contribution is -2.15. The molecule has 0 aliphatic carbocycles. The maximum atomic E-state index is 12.4. The number of anilines is 1. The molecule has 28 heavy (non-hydrogen) atoms. The standard InChI is InChI=1S/C19H21N5O3S/c1-12-6-5-7-13(2)18(12)24-19(21-22-23-24)28-11-17(25)20-14-8-15(26-3)10-16(9-14)27-4/h5-10H,11H2,1-4H3,(H,20,25). The average molecular weight is 399 g/mol. The van der Waals surface area contributed by atoms with E-state index in [9.17, 15) is 4.79 Å². The van der Waals surface area contributed by atoms with Gasteiger partial charge in [0.15, 0.2) is 0 Å². The summed E-state index contributed by atoms with van der Waals surface area (Å²) in [6.45, 7) is 4.00. The van der Waals surface area contributed by atoms with Crippen LogP contribution in [0.25, 0.3) is 5.69 Å². The van der Waals surface area contributed by atoms with Crippen LogP contribution in [-0.4, -0.2) is 46.1 Å². The third-order valence-electron chi connectivity index (χ3n) is 4.06. The fourth-order valence-electron chi connectivity index (χ4n) is 2.76. The fourth-order valence-corrected chi connectivity index (χ4v) is 3.43. The number of nitrogens with zero attached hydrogens (tertiary/aromatic N) is 4. The van der Waals surface area contributed by atoms with E-state index in [0.717, 1.165) is 16.8 Å². The zero-order valence-corrected chi connectivity index (χ0v) is 16.9. The number of aromatic nitrogens is 4. The predicted molar refractivity (Wildman–Crippen MR) is 108 cm³/mol. The highest BCUT2D eigenvalue weighted by Crippen LogP contribution is 2.27. The van der Waals surface area contributed by atoms with E-state index in [1.54, 1.807) is 37.1 Å². The molecule has 3 rings (SSSR count). The molecule has 0 radical (unpaired) electrons. The number of tetrazole rings is 1. The van der Waals surface area contributed by atoms with Crippen LogP contribution in [0.3, 0.4) is 0 Å². The van der Waals surface area contributed by atoms with Crippen LogP contribution in [0.2, 0.25) is 0 Å². The van der Waals surface area contributed by atoms with E-state index in [0.29, 0.717) is 22.3 Å². The largest absolute Gasteiger partial charge is 0.497 e. The van der Waals surface area contributed by atoms with Gasteiger partial charge in [-0.25, -0.2) is 0 Å². The van der Waals surface area contributed by atoms with Gasteiger partial charge >= 0.3 is 0 Å². The molecule has 9 heteroatoms. The number of methoxy groups -OCH3 is 2. The van der Waals surface area contributed by atoms with Crippen molar-refractivity contribution in [3.8, 4) is 17.2 Å². The number of ether oxygens (including phenoxy) is 2. The van der Waals surface area contributed by atoms with E-state index in [1.165, 1.54) is 11.8 Å². The van der Waals surface area contributed by atoms with Gasteiger partial charge in [-0.2, -0.15) is 4.68 Å². The van der Waals surface area contributed by atoms with E-state index in [2.05, 4.69) is 20.8 Å². The highest BCUT2D eigenvalue weighted by Gasteiger charge is 2.15. The van der Waals surface area contributed by atoms with E-state index in [4.69, 9.17) is 9.47 Å². The van der Waals surface area contributed by atoms with Gasteiger partial charge in [0.2, 0.25) is 11.1 Å². The number of carbonyl (C=O) groups excluding carboxylic acids is 1. The molecular weight excluding hydrogens is 378 g/mol. The zero-order valence-electron chi connectivity index (χ0n) is 16.1. The first-order valence-electron chi connectivity index (χ1n) is 8.52. The highest BCUT2D eigenvalue weighted by atomic mass is 32.2. The summed E-state index contributed by atoms with van der Waals surface area (Å²) < 4.78 is 12.1. The third-order valence-corrected chi connectivity index (χ3v) is 4.98. The average Bonchev–Trinajstić information content (AvgIpc) is 3.14. The molecule has 3 aromatic rings. The predicted octanol–water partition coefficient (Wildman–Crippen LogP) is 3.03. The van der Waals surface area contributed by atoms with E-state index in [-0.39, 0.29) is 11.7 Å². The number of thioether (sulfide) groups is 1. The number of aryl methyl sites for hydroxylation is 2. The normalized spacial score (nSPS) is 10.6. The lowest BCUT2D eigenvalue weighted by Gasteiger charge is -2.11. The minimum absolute atomic E-state index is 0.158. The van der Waals surface area contributed by atoms with Crippen molar-refractivity contribution in [2.45, 2.75) is 19.0 Å². The second-order valence-electron chi connectivity index (χ2n) is 6.05. The number of nitrogens with one attached hydrogen (secondary N) is 1. The van der Waals surface area contributed by atoms with E-state index in [1.807, 2.05) is 32.0 Å². The maximum absolute atomic E-state index is 12.4. The van der Waals surface area contributed by atoms with Gasteiger partial charge in [-0.05, 0) is 35.4 Å². The summed E-state index contributed by atoms with van der Waals surface area (Å²) in [6.07, 6.45) is 0. The Labute approximate surface area is 167 Å². The first-order valence-corrected chi connectivity index (χ1v) is 9.51. The van der Waals surface area contributed by atoms with Crippen LogP contribution in [0.1, 0.15) is 11.1 Å². The number of hydrogen-bond acceptors (Lipinski definition) is 7. The SMILES string of the molecule is COc1cc(NC(=O)CSc2nnnn2-c2c(C)cccc2C)cc(OC)c1. The molecule has 0 saturated heterocycles. The Balaban J connectivity index is 1.71. The van der Waals surface area contributed by atoms with Gasteiger partial charge in [0.25, 0.3) is 0 Å². The third kappa shape index (κ3) is 4.42. The number of benzene rings is 2. The molecule has 146 valence electrons. The Bertz CT molecular complexity index is 947. The van der Waals surface area contributed by atoms with Gasteiger partial charge in [0.05, 0.1) is 25.7 Å². The Morgan fingerprint density at radius 1 is 1.11 bits per heavy atom. The van der Waals surface area contributed by atoms with Crippen LogP contribution in [-0.2, 0) is 4.79 Å². The first-order chi connectivity index (χ1) is 13.5. The summed E-state index contributed by atoms with van der Waals surface area (Å²) in [5.74, 6) is 1.17. The molecule has 0 aliphatic rings. The maximum Gasteiger partial charge on any atom is 0.234 e. The molecule has 1 aromatic heterocycles. The van der Waals surface area contributed by atoms with Gasteiger partial charge in [0, 0.05) is 23.9 Å². The molecule has 1 heterocycles. The Kier molecular flexibility index (Phi) is 6.15. The molecule has 8 nitrogen and oxygen atoms in total. The number of amides is 1. The molecule has 1 N–H and O–H groups in total. The molecule has 1 amide bonds. The van der Waals surface area contributed by atoms with Gasteiger partial charge in [-0.15, -0.1) is 5.10 Å². The molecule has 0 aliphatic heterocycles. The van der Waals surface area contributed by atoms with Crippen LogP contribution in [0.5, 0.6) is 11.5 Å². The summed E-state index contributed by atoms with van der Waals surface area (Å²) in [6, 6.07) is 11.2. The molecule has 2 aromatic carbocycles. The number of rotatable bonds is 7. The number of para-hydroxylation sites is 1. The monoisotopic (exact) mass is 399 g/mol. The Hall–Kier alpha value is -3.07. The van der Waals surface area contributed by atoms with E-state index < -0.39 is 0 Å². The lowest BCUT2D eigenvalue weighted by molar-refractivity contribution is -0.113. The quantitative estimate of drug-likeness (QED) is 0.611. The molecule has 0 spiro atoms. The first kappa shape index (κ1) is 19.7. The topological polar surface area (TPSA) is 91.2 Å². The van der Waals surface area contributed by atoms with E-state index >= 15 is 0 Å². The summed E-state index contributed by atoms with van der Waals surface area (Å²) in [7, 11) is 3.12. The number of hydrogen-bond donors (Lipinski definition) is 1. The van der Waals surface area contributed by atoms with Crippen molar-refractivity contribution in [3.05, 3.63) is 47.5 Å². The van der Waals surface area contributed by atoms with Crippen LogP contribution in [0, 0.1) is 13.8 Å². The van der Waals surface area contributed by atoms with Gasteiger partial charge < -0.3 is 14.8 Å². The van der Waals surface area contributed by atoms with Crippen molar-refractivity contribution >= 4 is 23.4 Å². The van der Waals surface area contributed by atoms with Crippen molar-refractivity contribution in [3.63, 3.8) is 0 Å². The molecular formula is C19H21N5O3S. The molecule has 0 fully saturated rings. The molecule has 0 unspecified atom stereocenters. The van der Waals surface area contributed by atoms with Crippen molar-refractivity contribution in [1.29, 1.82) is 0 Å². The number of carbonyl (C=O) groups is 1. The lowest BCUT2D eigenvalue weighted by atomic mass is 10.1. The van der Waals surface area contributed by atoms with Gasteiger partial charge in [0.1, 0.15) is 11.5 Å². The van der Waals surface area contributed by atoms with Crippen molar-refractivity contribution in [1.82, 2.24) is 20.2 Å². The molecule has 0 atom stereocenters. The van der Waals surface area contributed by atoms with Crippen LogP contribution < -0.4 is 14.8 Å². The smallest absolute Gasteiger partial charge is 0.234 e. The Morgan fingerprint density at radius 3 is 2.36 bits per heavy atom. The summed E-state index contributed by atoms with van der Waals surface area (Å²) >= 11 is 1.27. The van der Waals surface area contributed by atoms with Crippen molar-refractivity contribution < 1.29 is 14.3 Å². The van der Waals surface area contributed by atoms with Gasteiger partial charge in [-0.1, -0.05) is 30.0 Å². The second-order valence-corrected chi connectivity index (χ2v) is 6.99.